The monoisotopic (exact) mass is 518 g/mol. The summed E-state index contributed by atoms with van der Waals surface area (Å²) in [5, 5.41) is 18.5. The summed E-state index contributed by atoms with van der Waals surface area (Å²) in [5.41, 5.74) is 2.48. The topological polar surface area (TPSA) is 130 Å². The van der Waals surface area contributed by atoms with Crippen LogP contribution in [-0.4, -0.2) is 67.8 Å². The van der Waals surface area contributed by atoms with Crippen LogP contribution >= 0.6 is 11.8 Å². The molecule has 1 saturated heterocycles. The van der Waals surface area contributed by atoms with Crippen LogP contribution in [0.3, 0.4) is 0 Å². The Kier molecular flexibility index (Phi) is 6.26. The largest absolute Gasteiger partial charge is 0.378 e. The van der Waals surface area contributed by atoms with Crippen molar-refractivity contribution in [2.75, 3.05) is 36.9 Å². The van der Waals surface area contributed by atoms with Crippen molar-refractivity contribution in [2.45, 2.75) is 23.4 Å². The second-order valence-corrected chi connectivity index (χ2v) is 10.2. The van der Waals surface area contributed by atoms with Gasteiger partial charge >= 0.3 is 0 Å². The number of anilines is 3. The van der Waals surface area contributed by atoms with E-state index in [9.17, 15) is 9.59 Å². The number of morpholine rings is 1. The third-order valence-corrected chi connectivity index (χ3v) is 7.29. The number of aryl methyl sites for hydroxylation is 1. The molecule has 37 heavy (non-hydrogen) atoms. The summed E-state index contributed by atoms with van der Waals surface area (Å²) in [6.07, 6.45) is 2.47. The van der Waals surface area contributed by atoms with Gasteiger partial charge in [0.1, 0.15) is 5.52 Å². The van der Waals surface area contributed by atoms with E-state index < -0.39 is 0 Å². The first-order valence-corrected chi connectivity index (χ1v) is 12.9. The standard InChI is InChI=1S/C25H26N8O3S/c1-15-13-21(30-29-15)27-22-20-3-2-8-33(20)31-25(28-22)37-17-6-4-16(5-7-17)26-23(34)18-14-19(18)24(35)32-9-11-36-12-10-32/h2-8,13,18-19H,9-12,14H2,1H3,(H,26,34)(H2,27,28,29,30,31)/t18-,19+/m1/s1. The van der Waals surface area contributed by atoms with Crippen molar-refractivity contribution < 1.29 is 14.3 Å². The number of carbonyl (C=O) groups is 2. The number of fused-ring (bicyclic) bond motifs is 1. The minimum absolute atomic E-state index is 0.0612. The van der Waals surface area contributed by atoms with Crippen molar-refractivity contribution in [2.24, 2.45) is 11.8 Å². The third-order valence-electron chi connectivity index (χ3n) is 6.42. The molecule has 4 aromatic rings. The zero-order valence-corrected chi connectivity index (χ0v) is 21.0. The number of amides is 2. The molecule has 1 aliphatic heterocycles. The van der Waals surface area contributed by atoms with E-state index in [4.69, 9.17) is 9.72 Å². The molecule has 3 aromatic heterocycles. The molecule has 1 aliphatic carbocycles. The van der Waals surface area contributed by atoms with Crippen LogP contribution in [0.2, 0.25) is 0 Å². The second kappa shape index (κ2) is 9.87. The Labute approximate surface area is 217 Å². The highest BCUT2D eigenvalue weighted by Crippen LogP contribution is 2.41. The summed E-state index contributed by atoms with van der Waals surface area (Å²) < 4.78 is 7.08. The average Bonchev–Trinajstić information content (AvgIpc) is 3.39. The van der Waals surface area contributed by atoms with Crippen LogP contribution in [0.15, 0.2) is 58.7 Å². The number of rotatable bonds is 7. The average molecular weight is 519 g/mol. The molecule has 190 valence electrons. The van der Waals surface area contributed by atoms with Gasteiger partial charge in [-0.25, -0.2) is 9.50 Å². The molecule has 11 nitrogen and oxygen atoms in total. The maximum absolute atomic E-state index is 12.7. The van der Waals surface area contributed by atoms with Crippen molar-refractivity contribution >= 4 is 46.4 Å². The number of aromatic nitrogens is 5. The van der Waals surface area contributed by atoms with Crippen molar-refractivity contribution in [3.05, 3.63) is 54.4 Å². The first-order chi connectivity index (χ1) is 18.0. The molecule has 0 bridgehead atoms. The van der Waals surface area contributed by atoms with Gasteiger partial charge < -0.3 is 20.3 Å². The van der Waals surface area contributed by atoms with Crippen LogP contribution in [0.1, 0.15) is 12.1 Å². The highest BCUT2D eigenvalue weighted by Gasteiger charge is 2.49. The second-order valence-electron chi connectivity index (χ2n) is 9.14. The van der Waals surface area contributed by atoms with Crippen molar-refractivity contribution in [1.82, 2.24) is 29.7 Å². The first-order valence-electron chi connectivity index (χ1n) is 12.1. The fourth-order valence-electron chi connectivity index (χ4n) is 4.38. The highest BCUT2D eigenvalue weighted by molar-refractivity contribution is 7.99. The van der Waals surface area contributed by atoms with E-state index in [2.05, 4.69) is 25.9 Å². The van der Waals surface area contributed by atoms with E-state index in [1.807, 2.05) is 55.6 Å². The van der Waals surface area contributed by atoms with Gasteiger partial charge in [-0.15, -0.1) is 5.10 Å². The Morgan fingerprint density at radius 2 is 1.95 bits per heavy atom. The molecule has 2 amide bonds. The van der Waals surface area contributed by atoms with E-state index in [1.54, 1.807) is 9.42 Å². The number of hydrogen-bond donors (Lipinski definition) is 3. The predicted molar refractivity (Wildman–Crippen MR) is 138 cm³/mol. The number of benzene rings is 1. The lowest BCUT2D eigenvalue weighted by Gasteiger charge is -2.27. The van der Waals surface area contributed by atoms with Crippen LogP contribution in [-0.2, 0) is 14.3 Å². The molecule has 6 rings (SSSR count). The summed E-state index contributed by atoms with van der Waals surface area (Å²) in [5.74, 6) is 0.796. The van der Waals surface area contributed by atoms with Crippen molar-refractivity contribution in [3.8, 4) is 0 Å². The number of nitrogens with zero attached hydrogens (tertiary/aromatic N) is 5. The summed E-state index contributed by atoms with van der Waals surface area (Å²) >= 11 is 1.42. The molecule has 4 heterocycles. The zero-order valence-electron chi connectivity index (χ0n) is 20.2. The van der Waals surface area contributed by atoms with E-state index in [0.717, 1.165) is 16.1 Å². The lowest BCUT2D eigenvalue weighted by atomic mass is 10.2. The lowest BCUT2D eigenvalue weighted by Crippen LogP contribution is -2.42. The summed E-state index contributed by atoms with van der Waals surface area (Å²) in [6, 6.07) is 13.3. The summed E-state index contributed by atoms with van der Waals surface area (Å²) in [7, 11) is 0. The molecule has 12 heteroatoms. The van der Waals surface area contributed by atoms with Crippen LogP contribution < -0.4 is 10.6 Å². The number of carbonyl (C=O) groups excluding carboxylic acids is 2. The molecule has 2 fully saturated rings. The van der Waals surface area contributed by atoms with Gasteiger partial charge in [0.2, 0.25) is 17.0 Å². The maximum atomic E-state index is 12.7. The van der Waals surface area contributed by atoms with Crippen LogP contribution in [0.5, 0.6) is 0 Å². The SMILES string of the molecule is Cc1cc(Nc2nc(Sc3ccc(NC(=O)[C@@H]4C[C@@H]4C(=O)N4CCOCC4)cc3)nn3cccc23)n[nH]1. The lowest BCUT2D eigenvalue weighted by molar-refractivity contribution is -0.137. The minimum atomic E-state index is -0.268. The Hall–Kier alpha value is -3.90. The Morgan fingerprint density at radius 3 is 2.70 bits per heavy atom. The first kappa shape index (κ1) is 23.5. The summed E-state index contributed by atoms with van der Waals surface area (Å²) in [6.45, 7) is 4.26. The summed E-state index contributed by atoms with van der Waals surface area (Å²) in [4.78, 5) is 32.7. The molecule has 1 saturated carbocycles. The van der Waals surface area contributed by atoms with Crippen LogP contribution in [0.4, 0.5) is 17.3 Å². The number of aromatic amines is 1. The maximum Gasteiger partial charge on any atom is 0.228 e. The molecule has 0 radical (unpaired) electrons. The van der Waals surface area contributed by atoms with Crippen molar-refractivity contribution in [1.29, 1.82) is 0 Å². The van der Waals surface area contributed by atoms with Gasteiger partial charge in [0, 0.05) is 41.6 Å². The number of H-pyrrole nitrogens is 1. The number of nitrogens with one attached hydrogen (secondary N) is 3. The van der Waals surface area contributed by atoms with E-state index in [-0.39, 0.29) is 23.7 Å². The molecular weight excluding hydrogens is 492 g/mol. The van der Waals surface area contributed by atoms with Crippen LogP contribution in [0, 0.1) is 18.8 Å². The fraction of sp³-hybridized carbons (Fsp3) is 0.320. The number of hydrogen-bond acceptors (Lipinski definition) is 8. The van der Waals surface area contributed by atoms with Gasteiger partial charge in [-0.05, 0) is 61.5 Å². The molecule has 0 spiro atoms. The zero-order chi connectivity index (χ0) is 25.4. The normalized spacial score (nSPS) is 19.1. The minimum Gasteiger partial charge on any atom is -0.378 e. The smallest absolute Gasteiger partial charge is 0.228 e. The Bertz CT molecular complexity index is 1440. The number of ether oxygens (including phenoxy) is 1. The quantitative estimate of drug-likeness (QED) is 0.340. The van der Waals surface area contributed by atoms with E-state index in [1.165, 1.54) is 11.8 Å². The molecular formula is C25H26N8O3S. The molecule has 2 atom stereocenters. The predicted octanol–water partition coefficient (Wildman–Crippen LogP) is 3.09. The highest BCUT2D eigenvalue weighted by atomic mass is 32.2. The van der Waals surface area contributed by atoms with Gasteiger partial charge in [0.05, 0.1) is 25.0 Å². The van der Waals surface area contributed by atoms with Gasteiger partial charge in [-0.2, -0.15) is 5.10 Å². The van der Waals surface area contributed by atoms with Crippen molar-refractivity contribution in [3.63, 3.8) is 0 Å². The van der Waals surface area contributed by atoms with Gasteiger partial charge in [-0.3, -0.25) is 14.7 Å². The molecule has 2 aliphatic rings. The van der Waals surface area contributed by atoms with Gasteiger partial charge in [0.15, 0.2) is 11.6 Å². The fourth-order valence-corrected chi connectivity index (χ4v) is 5.12. The molecule has 1 aromatic carbocycles. The Morgan fingerprint density at radius 1 is 1.14 bits per heavy atom. The van der Waals surface area contributed by atoms with Gasteiger partial charge in [-0.1, -0.05) is 0 Å². The van der Waals surface area contributed by atoms with Gasteiger partial charge in [0.25, 0.3) is 0 Å². The van der Waals surface area contributed by atoms with Crippen LogP contribution in [0.25, 0.3) is 5.52 Å². The molecule has 3 N–H and O–H groups in total. The Balaban J connectivity index is 1.09. The van der Waals surface area contributed by atoms with E-state index >= 15 is 0 Å². The van der Waals surface area contributed by atoms with E-state index in [0.29, 0.717) is 55.2 Å². The molecule has 0 unspecified atom stereocenters. The third kappa shape index (κ3) is 5.16.